The minimum absolute atomic E-state index is 0.216. The van der Waals surface area contributed by atoms with Gasteiger partial charge in [0.25, 0.3) is 0 Å². The summed E-state index contributed by atoms with van der Waals surface area (Å²) >= 11 is 0. The number of hydrogen-bond donors (Lipinski definition) is 2. The van der Waals surface area contributed by atoms with Crippen LogP contribution in [0, 0.1) is 11.8 Å². The number of amides is 1. The predicted molar refractivity (Wildman–Crippen MR) is 77.8 cm³/mol. The zero-order valence-electron chi connectivity index (χ0n) is 12.4. The SMILES string of the molecule is CC(C)[C@@H]1CN(CCC(=O)NC2CCCC2)C[C@H]1N. The number of rotatable bonds is 5. The van der Waals surface area contributed by atoms with Gasteiger partial charge >= 0.3 is 0 Å². The summed E-state index contributed by atoms with van der Waals surface area (Å²) in [5.41, 5.74) is 6.17. The van der Waals surface area contributed by atoms with E-state index in [1.54, 1.807) is 0 Å². The van der Waals surface area contributed by atoms with Gasteiger partial charge in [0.2, 0.25) is 5.91 Å². The number of nitrogens with zero attached hydrogens (tertiary/aromatic N) is 1. The summed E-state index contributed by atoms with van der Waals surface area (Å²) in [5, 5.41) is 3.15. The van der Waals surface area contributed by atoms with Crippen molar-refractivity contribution in [3.8, 4) is 0 Å². The second kappa shape index (κ2) is 6.71. The second-order valence-corrected chi connectivity index (χ2v) is 6.63. The lowest BCUT2D eigenvalue weighted by Gasteiger charge is -2.19. The van der Waals surface area contributed by atoms with Crippen LogP contribution in [-0.4, -0.2) is 42.5 Å². The summed E-state index contributed by atoms with van der Waals surface area (Å²) < 4.78 is 0. The number of hydrogen-bond acceptors (Lipinski definition) is 3. The first-order valence-corrected chi connectivity index (χ1v) is 7.83. The van der Waals surface area contributed by atoms with E-state index in [0.29, 0.717) is 24.3 Å². The van der Waals surface area contributed by atoms with Crippen molar-refractivity contribution in [2.45, 2.75) is 58.0 Å². The standard InChI is InChI=1S/C15H29N3O/c1-11(2)13-9-18(10-14(13)16)8-7-15(19)17-12-5-3-4-6-12/h11-14H,3-10,16H2,1-2H3,(H,17,19)/t13-,14+/m0/s1. The fourth-order valence-corrected chi connectivity index (χ4v) is 3.46. The van der Waals surface area contributed by atoms with Crippen molar-refractivity contribution in [1.29, 1.82) is 0 Å². The Bertz CT molecular complexity index is 300. The maximum Gasteiger partial charge on any atom is 0.221 e. The highest BCUT2D eigenvalue weighted by atomic mass is 16.1. The van der Waals surface area contributed by atoms with Gasteiger partial charge in [0, 0.05) is 38.1 Å². The van der Waals surface area contributed by atoms with Crippen LogP contribution >= 0.6 is 0 Å². The highest BCUT2D eigenvalue weighted by molar-refractivity contribution is 5.76. The molecule has 4 nitrogen and oxygen atoms in total. The van der Waals surface area contributed by atoms with Crippen molar-refractivity contribution in [2.75, 3.05) is 19.6 Å². The molecule has 1 heterocycles. The van der Waals surface area contributed by atoms with E-state index in [9.17, 15) is 4.79 Å². The van der Waals surface area contributed by atoms with Gasteiger partial charge in [0.1, 0.15) is 0 Å². The van der Waals surface area contributed by atoms with E-state index in [2.05, 4.69) is 24.1 Å². The molecule has 2 rings (SSSR count). The van der Waals surface area contributed by atoms with E-state index in [1.807, 2.05) is 0 Å². The van der Waals surface area contributed by atoms with Gasteiger partial charge in [-0.3, -0.25) is 4.79 Å². The maximum absolute atomic E-state index is 11.9. The van der Waals surface area contributed by atoms with E-state index in [-0.39, 0.29) is 11.9 Å². The normalized spacial score (nSPS) is 29.3. The molecule has 1 saturated carbocycles. The first-order chi connectivity index (χ1) is 9.06. The molecule has 0 bridgehead atoms. The van der Waals surface area contributed by atoms with Gasteiger partial charge in [-0.15, -0.1) is 0 Å². The molecule has 0 aromatic rings. The Labute approximate surface area is 117 Å². The van der Waals surface area contributed by atoms with Crippen molar-refractivity contribution < 1.29 is 4.79 Å². The zero-order chi connectivity index (χ0) is 13.8. The van der Waals surface area contributed by atoms with Crippen molar-refractivity contribution in [1.82, 2.24) is 10.2 Å². The second-order valence-electron chi connectivity index (χ2n) is 6.63. The number of nitrogens with two attached hydrogens (primary N) is 1. The average molecular weight is 267 g/mol. The number of nitrogens with one attached hydrogen (secondary N) is 1. The lowest BCUT2D eigenvalue weighted by molar-refractivity contribution is -0.122. The molecule has 2 atom stereocenters. The number of carbonyl (C=O) groups is 1. The van der Waals surface area contributed by atoms with Crippen molar-refractivity contribution in [2.24, 2.45) is 17.6 Å². The molecular weight excluding hydrogens is 238 g/mol. The molecule has 0 aromatic heterocycles. The van der Waals surface area contributed by atoms with Crippen molar-refractivity contribution in [3.63, 3.8) is 0 Å². The summed E-state index contributed by atoms with van der Waals surface area (Å²) in [6.45, 7) is 7.33. The van der Waals surface area contributed by atoms with E-state index in [4.69, 9.17) is 5.73 Å². The van der Waals surface area contributed by atoms with E-state index in [0.717, 1.165) is 32.5 Å². The van der Waals surface area contributed by atoms with E-state index < -0.39 is 0 Å². The van der Waals surface area contributed by atoms with Gasteiger partial charge in [0.15, 0.2) is 0 Å². The van der Waals surface area contributed by atoms with Crippen LogP contribution in [-0.2, 0) is 4.79 Å². The summed E-state index contributed by atoms with van der Waals surface area (Å²) in [6, 6.07) is 0.717. The minimum atomic E-state index is 0.216. The van der Waals surface area contributed by atoms with Crippen LogP contribution in [0.4, 0.5) is 0 Å². The first-order valence-electron chi connectivity index (χ1n) is 7.83. The van der Waals surface area contributed by atoms with Gasteiger partial charge in [0.05, 0.1) is 0 Å². The summed E-state index contributed by atoms with van der Waals surface area (Å²) in [6.07, 6.45) is 5.48. The fraction of sp³-hybridized carbons (Fsp3) is 0.933. The first kappa shape index (κ1) is 14.8. The molecule has 110 valence electrons. The lowest BCUT2D eigenvalue weighted by Crippen LogP contribution is -2.35. The minimum Gasteiger partial charge on any atom is -0.353 e. The van der Waals surface area contributed by atoms with Crippen LogP contribution < -0.4 is 11.1 Å². The summed E-state index contributed by atoms with van der Waals surface area (Å²) in [4.78, 5) is 14.2. The van der Waals surface area contributed by atoms with Gasteiger partial charge in [-0.05, 0) is 24.7 Å². The molecule has 1 aliphatic heterocycles. The van der Waals surface area contributed by atoms with Crippen LogP contribution in [0.25, 0.3) is 0 Å². The van der Waals surface area contributed by atoms with Crippen LogP contribution in [0.5, 0.6) is 0 Å². The molecular formula is C15H29N3O. The molecule has 4 heteroatoms. The third kappa shape index (κ3) is 4.18. The average Bonchev–Trinajstić information content (AvgIpc) is 2.96. The Kier molecular flexibility index (Phi) is 5.22. The Morgan fingerprint density at radius 3 is 2.58 bits per heavy atom. The summed E-state index contributed by atoms with van der Waals surface area (Å²) in [5.74, 6) is 1.43. The molecule has 1 amide bonds. The van der Waals surface area contributed by atoms with E-state index >= 15 is 0 Å². The molecule has 0 spiro atoms. The maximum atomic E-state index is 11.9. The Balaban J connectivity index is 1.66. The van der Waals surface area contributed by atoms with Gasteiger partial charge in [-0.1, -0.05) is 26.7 Å². The molecule has 1 saturated heterocycles. The van der Waals surface area contributed by atoms with E-state index in [1.165, 1.54) is 12.8 Å². The Hall–Kier alpha value is -0.610. The molecule has 3 N–H and O–H groups in total. The van der Waals surface area contributed by atoms with Crippen LogP contribution in [0.3, 0.4) is 0 Å². The molecule has 0 aromatic carbocycles. The van der Waals surface area contributed by atoms with Gasteiger partial charge in [-0.25, -0.2) is 0 Å². The molecule has 1 aliphatic carbocycles. The predicted octanol–water partition coefficient (Wildman–Crippen LogP) is 1.35. The largest absolute Gasteiger partial charge is 0.353 e. The highest BCUT2D eigenvalue weighted by Crippen LogP contribution is 2.23. The monoisotopic (exact) mass is 267 g/mol. The Morgan fingerprint density at radius 1 is 1.32 bits per heavy atom. The van der Waals surface area contributed by atoms with Gasteiger partial charge in [-0.2, -0.15) is 0 Å². The molecule has 2 aliphatic rings. The van der Waals surface area contributed by atoms with Crippen LogP contribution in [0.2, 0.25) is 0 Å². The topological polar surface area (TPSA) is 58.4 Å². The molecule has 0 unspecified atom stereocenters. The van der Waals surface area contributed by atoms with Gasteiger partial charge < -0.3 is 16.0 Å². The number of likely N-dealkylation sites (tertiary alicyclic amines) is 1. The smallest absolute Gasteiger partial charge is 0.221 e. The highest BCUT2D eigenvalue weighted by Gasteiger charge is 2.32. The van der Waals surface area contributed by atoms with Crippen LogP contribution in [0.15, 0.2) is 0 Å². The quantitative estimate of drug-likeness (QED) is 0.790. The van der Waals surface area contributed by atoms with Crippen LogP contribution in [0.1, 0.15) is 46.0 Å². The molecule has 19 heavy (non-hydrogen) atoms. The van der Waals surface area contributed by atoms with Crippen molar-refractivity contribution >= 4 is 5.91 Å². The summed E-state index contributed by atoms with van der Waals surface area (Å²) in [7, 11) is 0. The Morgan fingerprint density at radius 2 is 2.00 bits per heavy atom. The molecule has 0 radical (unpaired) electrons. The fourth-order valence-electron chi connectivity index (χ4n) is 3.46. The number of carbonyl (C=O) groups excluding carboxylic acids is 1. The zero-order valence-corrected chi connectivity index (χ0v) is 12.4. The lowest BCUT2D eigenvalue weighted by atomic mass is 9.92. The third-order valence-corrected chi connectivity index (χ3v) is 4.72. The molecule has 2 fully saturated rings. The van der Waals surface area contributed by atoms with Crippen molar-refractivity contribution in [3.05, 3.63) is 0 Å². The third-order valence-electron chi connectivity index (χ3n) is 4.72.